The van der Waals surface area contributed by atoms with E-state index < -0.39 is 0 Å². The first-order chi connectivity index (χ1) is 7.88. The minimum Gasteiger partial charge on any atom is -0.501 e. The Bertz CT molecular complexity index is 215. The molecule has 0 aliphatic heterocycles. The maximum absolute atomic E-state index is 5.42. The third-order valence-corrected chi connectivity index (χ3v) is 2.84. The predicted octanol–water partition coefficient (Wildman–Crippen LogP) is 4.18. The van der Waals surface area contributed by atoms with Crippen LogP contribution in [0.25, 0.3) is 0 Å². The molecule has 16 heavy (non-hydrogen) atoms. The van der Waals surface area contributed by atoms with Crippen molar-refractivity contribution in [2.24, 2.45) is 0 Å². The minimum atomic E-state index is 0.741. The molecule has 0 aromatic carbocycles. The van der Waals surface area contributed by atoms with Gasteiger partial charge in [0.25, 0.3) is 0 Å². The minimum absolute atomic E-state index is 0.741. The Morgan fingerprint density at radius 3 is 1.62 bits per heavy atom. The van der Waals surface area contributed by atoms with Gasteiger partial charge in [-0.1, -0.05) is 12.8 Å². The third-order valence-electron chi connectivity index (χ3n) is 2.84. The van der Waals surface area contributed by atoms with E-state index in [1.165, 1.54) is 36.8 Å². The standard InChI is InChI=1S/C14H24O2/c1-3-15-11-13-9-7-5-6-8-10-14(13)12-16-4-2/h11-12H,3-10H2,1-2H3. The lowest BCUT2D eigenvalue weighted by molar-refractivity contribution is 0.258. The molecule has 2 nitrogen and oxygen atoms in total. The Labute approximate surface area is 99.3 Å². The fourth-order valence-electron chi connectivity index (χ4n) is 1.94. The number of rotatable bonds is 4. The summed E-state index contributed by atoms with van der Waals surface area (Å²) in [4.78, 5) is 0. The second-order valence-electron chi connectivity index (χ2n) is 4.11. The van der Waals surface area contributed by atoms with Gasteiger partial charge >= 0.3 is 0 Å². The number of hydrogen-bond donors (Lipinski definition) is 0. The predicted molar refractivity (Wildman–Crippen MR) is 67.1 cm³/mol. The summed E-state index contributed by atoms with van der Waals surface area (Å²) >= 11 is 0. The van der Waals surface area contributed by atoms with Gasteiger partial charge in [-0.3, -0.25) is 0 Å². The molecule has 1 aliphatic rings. The van der Waals surface area contributed by atoms with Crippen molar-refractivity contribution in [3.63, 3.8) is 0 Å². The van der Waals surface area contributed by atoms with Gasteiger partial charge in [-0.25, -0.2) is 0 Å². The summed E-state index contributed by atoms with van der Waals surface area (Å²) in [7, 11) is 0. The highest BCUT2D eigenvalue weighted by atomic mass is 16.5. The summed E-state index contributed by atoms with van der Waals surface area (Å²) in [5.74, 6) is 0. The van der Waals surface area contributed by atoms with Crippen molar-refractivity contribution in [3.05, 3.63) is 23.7 Å². The number of hydrogen-bond acceptors (Lipinski definition) is 2. The van der Waals surface area contributed by atoms with Gasteiger partial charge in [0.15, 0.2) is 0 Å². The van der Waals surface area contributed by atoms with Gasteiger partial charge in [0, 0.05) is 0 Å². The first kappa shape index (κ1) is 13.1. The topological polar surface area (TPSA) is 18.5 Å². The van der Waals surface area contributed by atoms with E-state index >= 15 is 0 Å². The molecule has 92 valence electrons. The van der Waals surface area contributed by atoms with Crippen LogP contribution < -0.4 is 0 Å². The highest BCUT2D eigenvalue weighted by Gasteiger charge is 2.10. The van der Waals surface area contributed by atoms with Crippen LogP contribution in [0.5, 0.6) is 0 Å². The van der Waals surface area contributed by atoms with Crippen molar-refractivity contribution >= 4 is 0 Å². The molecule has 0 saturated heterocycles. The van der Waals surface area contributed by atoms with E-state index in [9.17, 15) is 0 Å². The Morgan fingerprint density at radius 2 is 1.25 bits per heavy atom. The summed E-state index contributed by atoms with van der Waals surface area (Å²) in [6.45, 7) is 5.52. The van der Waals surface area contributed by atoms with Crippen LogP contribution in [0.1, 0.15) is 52.4 Å². The zero-order valence-corrected chi connectivity index (χ0v) is 10.6. The maximum Gasteiger partial charge on any atom is 0.0864 e. The fraction of sp³-hybridized carbons (Fsp3) is 0.714. The van der Waals surface area contributed by atoms with E-state index in [-0.39, 0.29) is 0 Å². The van der Waals surface area contributed by atoms with E-state index in [4.69, 9.17) is 9.47 Å². The van der Waals surface area contributed by atoms with Crippen LogP contribution in [-0.4, -0.2) is 13.2 Å². The van der Waals surface area contributed by atoms with Crippen molar-refractivity contribution in [1.29, 1.82) is 0 Å². The van der Waals surface area contributed by atoms with Gasteiger partial charge < -0.3 is 9.47 Å². The lowest BCUT2D eigenvalue weighted by Gasteiger charge is -2.15. The lowest BCUT2D eigenvalue weighted by atomic mass is 9.93. The molecule has 0 bridgehead atoms. The highest BCUT2D eigenvalue weighted by molar-refractivity contribution is 5.28. The molecule has 1 rings (SSSR count). The highest BCUT2D eigenvalue weighted by Crippen LogP contribution is 2.26. The molecule has 1 fully saturated rings. The first-order valence-corrected chi connectivity index (χ1v) is 6.50. The van der Waals surface area contributed by atoms with Crippen LogP contribution in [0, 0.1) is 0 Å². The van der Waals surface area contributed by atoms with Crippen LogP contribution in [0.2, 0.25) is 0 Å². The van der Waals surface area contributed by atoms with Crippen molar-refractivity contribution in [3.8, 4) is 0 Å². The lowest BCUT2D eigenvalue weighted by Crippen LogP contribution is -1.99. The van der Waals surface area contributed by atoms with Crippen molar-refractivity contribution in [2.45, 2.75) is 52.4 Å². The molecule has 0 unspecified atom stereocenters. The van der Waals surface area contributed by atoms with Crippen molar-refractivity contribution in [1.82, 2.24) is 0 Å². The van der Waals surface area contributed by atoms with Crippen molar-refractivity contribution < 1.29 is 9.47 Å². The molecule has 0 amide bonds. The summed E-state index contributed by atoms with van der Waals surface area (Å²) in [6.07, 6.45) is 11.3. The van der Waals surface area contributed by atoms with E-state index in [1.54, 1.807) is 0 Å². The Hall–Kier alpha value is -0.920. The third kappa shape index (κ3) is 4.73. The zero-order valence-electron chi connectivity index (χ0n) is 10.6. The second-order valence-corrected chi connectivity index (χ2v) is 4.11. The summed E-state index contributed by atoms with van der Waals surface area (Å²) in [5.41, 5.74) is 2.66. The Kier molecular flexibility index (Phi) is 6.78. The average molecular weight is 224 g/mol. The van der Waals surface area contributed by atoms with E-state index in [1.807, 2.05) is 26.4 Å². The molecule has 0 spiro atoms. The van der Waals surface area contributed by atoms with Gasteiger partial charge in [0.05, 0.1) is 25.7 Å². The molecule has 1 aliphatic carbocycles. The molecule has 0 aromatic heterocycles. The quantitative estimate of drug-likeness (QED) is 0.667. The SMILES string of the molecule is CCOC=C1CCCCCCC1=COCC. The number of ether oxygens (including phenoxy) is 2. The molecule has 2 heteroatoms. The summed E-state index contributed by atoms with van der Waals surface area (Å²) in [5, 5.41) is 0. The first-order valence-electron chi connectivity index (χ1n) is 6.50. The number of allylic oxidation sites excluding steroid dienone is 2. The molecule has 0 radical (unpaired) electrons. The van der Waals surface area contributed by atoms with Crippen molar-refractivity contribution in [2.75, 3.05) is 13.2 Å². The largest absolute Gasteiger partial charge is 0.501 e. The van der Waals surface area contributed by atoms with Crippen LogP contribution in [-0.2, 0) is 9.47 Å². The maximum atomic E-state index is 5.42. The van der Waals surface area contributed by atoms with Gasteiger partial charge in [-0.15, -0.1) is 0 Å². The average Bonchev–Trinajstić information content (AvgIpc) is 2.27. The summed E-state index contributed by atoms with van der Waals surface area (Å²) in [6, 6.07) is 0. The van der Waals surface area contributed by atoms with E-state index in [0.717, 1.165) is 26.1 Å². The smallest absolute Gasteiger partial charge is 0.0864 e. The van der Waals surface area contributed by atoms with Crippen LogP contribution in [0.3, 0.4) is 0 Å². The summed E-state index contributed by atoms with van der Waals surface area (Å²) < 4.78 is 10.8. The molecule has 0 aromatic rings. The Morgan fingerprint density at radius 1 is 0.812 bits per heavy atom. The molecule has 1 saturated carbocycles. The molecular formula is C14H24O2. The fourth-order valence-corrected chi connectivity index (χ4v) is 1.94. The molecular weight excluding hydrogens is 200 g/mol. The molecule has 0 N–H and O–H groups in total. The van der Waals surface area contributed by atoms with Gasteiger partial charge in [-0.05, 0) is 50.7 Å². The van der Waals surface area contributed by atoms with Gasteiger partial charge in [-0.2, -0.15) is 0 Å². The van der Waals surface area contributed by atoms with E-state index in [0.29, 0.717) is 0 Å². The van der Waals surface area contributed by atoms with E-state index in [2.05, 4.69) is 0 Å². The Balaban J connectivity index is 2.68. The van der Waals surface area contributed by atoms with Crippen LogP contribution in [0.15, 0.2) is 23.7 Å². The molecule has 0 heterocycles. The van der Waals surface area contributed by atoms with Crippen LogP contribution in [0.4, 0.5) is 0 Å². The second kappa shape index (κ2) is 8.26. The van der Waals surface area contributed by atoms with Crippen LogP contribution >= 0.6 is 0 Å². The van der Waals surface area contributed by atoms with Gasteiger partial charge in [0.1, 0.15) is 0 Å². The monoisotopic (exact) mass is 224 g/mol. The normalized spacial score (nSPS) is 22.9. The zero-order chi connectivity index (χ0) is 11.6. The van der Waals surface area contributed by atoms with Gasteiger partial charge in [0.2, 0.25) is 0 Å². The molecule has 0 atom stereocenters.